The number of nitrogens with one attached hydrogen (secondary N) is 2. The Bertz CT molecular complexity index is 2240. The van der Waals surface area contributed by atoms with Crippen LogP contribution in [-0.2, 0) is 12.4 Å². The van der Waals surface area contributed by atoms with Gasteiger partial charge in [-0.2, -0.15) is 26.3 Å². The van der Waals surface area contributed by atoms with Crippen molar-refractivity contribution >= 4 is 34.6 Å². The molecule has 2 fully saturated rings. The summed E-state index contributed by atoms with van der Waals surface area (Å²) in [5.74, 6) is 0.303. The van der Waals surface area contributed by atoms with Gasteiger partial charge in [-0.15, -0.1) is 0 Å². The van der Waals surface area contributed by atoms with Crippen molar-refractivity contribution in [2.75, 3.05) is 45.0 Å². The van der Waals surface area contributed by atoms with Crippen molar-refractivity contribution in [3.63, 3.8) is 0 Å². The van der Waals surface area contributed by atoms with Crippen LogP contribution in [0.4, 0.5) is 59.7 Å². The zero-order chi connectivity index (χ0) is 36.6. The molecule has 9 rings (SSSR count). The second kappa shape index (κ2) is 12.2. The van der Waals surface area contributed by atoms with Crippen LogP contribution < -0.4 is 25.3 Å². The number of carbonyl (C=O) groups excluding carboxylic acids is 1. The first-order chi connectivity index (χ1) is 25.4. The van der Waals surface area contributed by atoms with Crippen molar-refractivity contribution in [1.82, 2.24) is 4.98 Å². The van der Waals surface area contributed by atoms with Crippen LogP contribution in [0.25, 0.3) is 22.3 Å². The molecule has 4 bridgehead atoms. The predicted molar refractivity (Wildman–Crippen MR) is 192 cm³/mol. The molecule has 0 radical (unpaired) electrons. The van der Waals surface area contributed by atoms with Gasteiger partial charge in [0.05, 0.1) is 46.0 Å². The first-order valence-corrected chi connectivity index (χ1v) is 17.4. The fourth-order valence-corrected chi connectivity index (χ4v) is 8.27. The van der Waals surface area contributed by atoms with E-state index in [0.717, 1.165) is 43.0 Å². The SMILES string of the molecule is O=C(Nc1ccccn1)N1c2cc(-c3cccc(C(F)(F)F)c3)ccc2N2C[C@@H]1CC2c1cc(-c2ccc3c(c2)N[C@H]2CCN3C2)cc(C(F)(F)F)c1. The molecule has 2 N–H and O–H groups in total. The fraction of sp³-hybridized carbons (Fsp3) is 0.250. The number of benzene rings is 4. The number of halogens is 6. The fourth-order valence-electron chi connectivity index (χ4n) is 8.27. The van der Waals surface area contributed by atoms with Crippen molar-refractivity contribution in [2.24, 2.45) is 0 Å². The van der Waals surface area contributed by atoms with Gasteiger partial charge in [0.2, 0.25) is 0 Å². The van der Waals surface area contributed by atoms with E-state index in [4.69, 9.17) is 0 Å². The Morgan fingerprint density at radius 2 is 1.49 bits per heavy atom. The first kappa shape index (κ1) is 33.1. The van der Waals surface area contributed by atoms with Gasteiger partial charge in [0, 0.05) is 31.9 Å². The molecule has 53 heavy (non-hydrogen) atoms. The van der Waals surface area contributed by atoms with Crippen LogP contribution >= 0.6 is 0 Å². The molecule has 5 aromatic rings. The minimum Gasteiger partial charge on any atom is -0.379 e. The van der Waals surface area contributed by atoms with Gasteiger partial charge in [0.1, 0.15) is 5.82 Å². The highest BCUT2D eigenvalue weighted by molar-refractivity contribution is 6.06. The second-order valence-electron chi connectivity index (χ2n) is 14.0. The number of nitrogens with zero attached hydrogens (tertiary/aromatic N) is 4. The topological polar surface area (TPSA) is 63.7 Å². The summed E-state index contributed by atoms with van der Waals surface area (Å²) in [6.07, 6.45) is -6.32. The Labute approximate surface area is 300 Å². The smallest absolute Gasteiger partial charge is 0.379 e. The zero-order valence-electron chi connectivity index (χ0n) is 28.0. The Kier molecular flexibility index (Phi) is 7.61. The Morgan fingerprint density at radius 3 is 2.26 bits per heavy atom. The molecule has 0 saturated carbocycles. The monoisotopic (exact) mass is 726 g/mol. The number of amides is 2. The number of hydrogen-bond acceptors (Lipinski definition) is 5. The van der Waals surface area contributed by atoms with Crippen LogP contribution in [0.1, 0.15) is 35.6 Å². The summed E-state index contributed by atoms with van der Waals surface area (Å²) in [6.45, 7) is 2.16. The minimum atomic E-state index is -4.61. The summed E-state index contributed by atoms with van der Waals surface area (Å²) in [4.78, 5) is 24.1. The maximum Gasteiger partial charge on any atom is 0.416 e. The van der Waals surface area contributed by atoms with E-state index in [1.807, 2.05) is 23.1 Å². The minimum absolute atomic E-state index is 0.299. The molecular weight excluding hydrogens is 694 g/mol. The molecule has 5 heterocycles. The Hall–Kier alpha value is -5.72. The van der Waals surface area contributed by atoms with Crippen LogP contribution in [0.2, 0.25) is 0 Å². The molecule has 2 amide bonds. The van der Waals surface area contributed by atoms with E-state index in [9.17, 15) is 31.1 Å². The van der Waals surface area contributed by atoms with Crippen LogP contribution in [-0.4, -0.2) is 42.7 Å². The van der Waals surface area contributed by atoms with Gasteiger partial charge in [-0.1, -0.05) is 30.3 Å². The molecule has 7 nitrogen and oxygen atoms in total. The average molecular weight is 727 g/mol. The Balaban J connectivity index is 1.13. The standard InChI is InChI=1S/C40H32F6N6O/c41-39(42,43)28-5-3-4-23(15-28)25-8-10-34-36(19-25)52(38(53)49-37-6-1-2-12-47-37)31-20-35(51(34)22-31)27-14-26(16-29(17-27)40(44,45)46)24-7-9-33-32(18-24)48-30-11-13-50(33)21-30/h1-10,12,14-19,30-31,35,48H,11,13,20-22H2,(H,47,49,53)/t30-,31-,35?/m0/s1. The van der Waals surface area contributed by atoms with Gasteiger partial charge in [0.15, 0.2) is 0 Å². The van der Waals surface area contributed by atoms with E-state index in [1.165, 1.54) is 24.4 Å². The third kappa shape index (κ3) is 5.97. The second-order valence-corrected chi connectivity index (χ2v) is 14.0. The predicted octanol–water partition coefficient (Wildman–Crippen LogP) is 9.83. The molecule has 4 aliphatic heterocycles. The molecule has 270 valence electrons. The molecule has 1 aromatic heterocycles. The summed E-state index contributed by atoms with van der Waals surface area (Å²) in [7, 11) is 0. The number of fused-ring (bicyclic) bond motifs is 8. The zero-order valence-corrected chi connectivity index (χ0v) is 28.0. The van der Waals surface area contributed by atoms with Gasteiger partial charge in [0.25, 0.3) is 0 Å². The molecule has 0 aliphatic carbocycles. The third-order valence-electron chi connectivity index (χ3n) is 10.7. The highest BCUT2D eigenvalue weighted by Gasteiger charge is 2.46. The summed E-state index contributed by atoms with van der Waals surface area (Å²) in [5, 5.41) is 6.36. The van der Waals surface area contributed by atoms with Gasteiger partial charge in [-0.25, -0.2) is 9.78 Å². The van der Waals surface area contributed by atoms with E-state index in [1.54, 1.807) is 53.4 Å². The number of alkyl halides is 6. The quantitative estimate of drug-likeness (QED) is 0.181. The molecule has 4 aliphatic rings. The number of aromatic nitrogens is 1. The molecular formula is C40H32F6N6O. The van der Waals surface area contributed by atoms with Crippen LogP contribution in [0.3, 0.4) is 0 Å². The number of hydrogen-bond donors (Lipinski definition) is 2. The van der Waals surface area contributed by atoms with Crippen LogP contribution in [0, 0.1) is 0 Å². The maximum atomic E-state index is 14.6. The average Bonchev–Trinajstić information content (AvgIpc) is 3.72. The lowest BCUT2D eigenvalue weighted by Gasteiger charge is -2.38. The number of urea groups is 1. The molecule has 4 aromatic carbocycles. The van der Waals surface area contributed by atoms with Crippen molar-refractivity contribution in [3.8, 4) is 22.3 Å². The largest absolute Gasteiger partial charge is 0.416 e. The number of carbonyl (C=O) groups is 1. The van der Waals surface area contributed by atoms with Crippen molar-refractivity contribution < 1.29 is 31.1 Å². The highest BCUT2D eigenvalue weighted by Crippen LogP contribution is 2.51. The summed E-state index contributed by atoms with van der Waals surface area (Å²) in [6, 6.07) is 23.8. The lowest BCUT2D eigenvalue weighted by molar-refractivity contribution is -0.138. The van der Waals surface area contributed by atoms with Gasteiger partial charge < -0.3 is 15.1 Å². The van der Waals surface area contributed by atoms with E-state index in [2.05, 4.69) is 20.5 Å². The van der Waals surface area contributed by atoms with E-state index in [0.29, 0.717) is 64.0 Å². The molecule has 13 heteroatoms. The van der Waals surface area contributed by atoms with Gasteiger partial charge >= 0.3 is 18.4 Å². The summed E-state index contributed by atoms with van der Waals surface area (Å²) in [5.41, 5.74) is 3.68. The first-order valence-electron chi connectivity index (χ1n) is 17.4. The Morgan fingerprint density at radius 1 is 0.736 bits per heavy atom. The molecule has 2 saturated heterocycles. The third-order valence-corrected chi connectivity index (χ3v) is 10.7. The van der Waals surface area contributed by atoms with E-state index >= 15 is 0 Å². The lowest BCUT2D eigenvalue weighted by Crippen LogP contribution is -2.48. The van der Waals surface area contributed by atoms with E-state index < -0.39 is 41.6 Å². The normalized spacial score (nSPS) is 20.2. The number of rotatable bonds is 4. The van der Waals surface area contributed by atoms with E-state index in [-0.39, 0.29) is 0 Å². The van der Waals surface area contributed by atoms with Gasteiger partial charge in [-0.3, -0.25) is 10.2 Å². The summed E-state index contributed by atoms with van der Waals surface area (Å²) >= 11 is 0. The number of pyridine rings is 1. The van der Waals surface area contributed by atoms with Crippen molar-refractivity contribution in [3.05, 3.63) is 120 Å². The molecule has 1 unspecified atom stereocenters. The number of anilines is 5. The summed E-state index contributed by atoms with van der Waals surface area (Å²) < 4.78 is 84.6. The van der Waals surface area contributed by atoms with Crippen molar-refractivity contribution in [1.29, 1.82) is 0 Å². The van der Waals surface area contributed by atoms with Crippen LogP contribution in [0.15, 0.2) is 103 Å². The van der Waals surface area contributed by atoms with Crippen molar-refractivity contribution in [2.45, 2.75) is 43.3 Å². The van der Waals surface area contributed by atoms with Gasteiger partial charge in [-0.05, 0) is 107 Å². The van der Waals surface area contributed by atoms with Crippen LogP contribution in [0.5, 0.6) is 0 Å². The lowest BCUT2D eigenvalue weighted by atomic mass is 9.94. The maximum absolute atomic E-state index is 14.6. The highest BCUT2D eigenvalue weighted by atomic mass is 19.4. The molecule has 3 atom stereocenters. The molecule has 0 spiro atoms.